The molecule has 9 heteroatoms. The maximum Gasteiger partial charge on any atom is 0.182 e. The summed E-state index contributed by atoms with van der Waals surface area (Å²) in [6.45, 7) is 6.00. The Bertz CT molecular complexity index is 1490. The van der Waals surface area contributed by atoms with Crippen LogP contribution in [0.2, 0.25) is 0 Å². The van der Waals surface area contributed by atoms with Crippen molar-refractivity contribution in [3.05, 3.63) is 82.3 Å². The van der Waals surface area contributed by atoms with Crippen LogP contribution in [0.3, 0.4) is 0 Å². The van der Waals surface area contributed by atoms with Crippen LogP contribution in [0.5, 0.6) is 0 Å². The minimum absolute atomic E-state index is 0.0535. The number of hydrogen-bond acceptors (Lipinski definition) is 7. The van der Waals surface area contributed by atoms with Crippen LogP contribution in [0.4, 0.5) is 8.78 Å². The van der Waals surface area contributed by atoms with Crippen LogP contribution in [0, 0.1) is 25.5 Å². The number of fused-ring (bicyclic) bond motifs is 1. The molecule has 1 fully saturated rings. The van der Waals surface area contributed by atoms with Crippen molar-refractivity contribution in [1.29, 1.82) is 0 Å². The molecule has 0 aliphatic carbocycles. The van der Waals surface area contributed by atoms with Crippen molar-refractivity contribution in [3.8, 4) is 11.3 Å². The Balaban J connectivity index is 1.57. The lowest BCUT2D eigenvalue weighted by atomic mass is 9.91. The third-order valence-corrected chi connectivity index (χ3v) is 6.35. The topological polar surface area (TPSA) is 99.7 Å². The number of benzene rings is 1. The van der Waals surface area contributed by atoms with Gasteiger partial charge in [-0.1, -0.05) is 0 Å². The van der Waals surface area contributed by atoms with Crippen molar-refractivity contribution < 1.29 is 13.5 Å². The van der Waals surface area contributed by atoms with Crippen molar-refractivity contribution in [2.75, 3.05) is 6.61 Å². The van der Waals surface area contributed by atoms with Crippen LogP contribution in [0.1, 0.15) is 60.3 Å². The van der Waals surface area contributed by atoms with Gasteiger partial charge >= 0.3 is 0 Å². The molecule has 0 saturated carbocycles. The van der Waals surface area contributed by atoms with E-state index in [9.17, 15) is 8.78 Å². The molecule has 2 N–H and O–H groups in total. The van der Waals surface area contributed by atoms with E-state index in [1.807, 2.05) is 39.0 Å². The summed E-state index contributed by atoms with van der Waals surface area (Å²) in [6.07, 6.45) is 4.69. The summed E-state index contributed by atoms with van der Waals surface area (Å²) in [7, 11) is 0. The van der Waals surface area contributed by atoms with Gasteiger partial charge in [-0.15, -0.1) is 0 Å². The highest BCUT2D eigenvalue weighted by atomic mass is 19.1. The van der Waals surface area contributed by atoms with Gasteiger partial charge in [0.2, 0.25) is 0 Å². The zero-order valence-corrected chi connectivity index (χ0v) is 20.3. The van der Waals surface area contributed by atoms with Crippen molar-refractivity contribution in [2.45, 2.75) is 45.6 Å². The van der Waals surface area contributed by atoms with Crippen LogP contribution < -0.4 is 5.73 Å². The van der Waals surface area contributed by atoms with E-state index in [4.69, 9.17) is 20.4 Å². The number of nitrogens with two attached hydrogens (primary N) is 1. The zero-order valence-electron chi connectivity index (χ0n) is 20.3. The zero-order chi connectivity index (χ0) is 25.4. The molecular weight excluding hydrogens is 462 g/mol. The first-order valence-electron chi connectivity index (χ1n) is 11.8. The van der Waals surface area contributed by atoms with Gasteiger partial charge in [0.1, 0.15) is 28.7 Å². The normalized spacial score (nSPS) is 18.5. The number of rotatable bonds is 4. The largest absolute Gasteiger partial charge is 0.402 e. The molecule has 184 valence electrons. The van der Waals surface area contributed by atoms with Crippen molar-refractivity contribution in [2.24, 2.45) is 5.73 Å². The van der Waals surface area contributed by atoms with Gasteiger partial charge in [0.05, 0.1) is 23.2 Å². The Kier molecular flexibility index (Phi) is 6.40. The molecular formula is C27H26F2N6O. The average Bonchev–Trinajstić information content (AvgIpc) is 2.84. The fraction of sp³-hybridized carbons (Fsp3) is 0.296. The van der Waals surface area contributed by atoms with Crippen LogP contribution in [0.25, 0.3) is 28.5 Å². The predicted molar refractivity (Wildman–Crippen MR) is 133 cm³/mol. The summed E-state index contributed by atoms with van der Waals surface area (Å²) in [5.74, 6) is -0.878. The summed E-state index contributed by atoms with van der Waals surface area (Å²) in [5, 5.41) is 0. The molecule has 4 heterocycles. The van der Waals surface area contributed by atoms with E-state index in [2.05, 4.69) is 15.0 Å². The number of aromatic nitrogens is 5. The summed E-state index contributed by atoms with van der Waals surface area (Å²) < 4.78 is 34.6. The lowest BCUT2D eigenvalue weighted by Gasteiger charge is -2.29. The number of allylic oxidation sites excluding steroid dienone is 1. The summed E-state index contributed by atoms with van der Waals surface area (Å²) in [6, 6.07) is 7.32. The predicted octanol–water partition coefficient (Wildman–Crippen LogP) is 5.33. The molecule has 36 heavy (non-hydrogen) atoms. The first-order valence-corrected chi connectivity index (χ1v) is 11.8. The monoisotopic (exact) mass is 488 g/mol. The Labute approximate surface area is 207 Å². The third-order valence-electron chi connectivity index (χ3n) is 6.35. The summed E-state index contributed by atoms with van der Waals surface area (Å²) >= 11 is 0. The molecule has 5 rings (SSSR count). The van der Waals surface area contributed by atoms with Gasteiger partial charge in [-0.05, 0) is 69.5 Å². The molecule has 1 aliphatic heterocycles. The van der Waals surface area contributed by atoms with Gasteiger partial charge in [-0.2, -0.15) is 0 Å². The molecule has 1 aliphatic rings. The van der Waals surface area contributed by atoms with Gasteiger partial charge in [-0.3, -0.25) is 4.98 Å². The smallest absolute Gasteiger partial charge is 0.182 e. The Morgan fingerprint density at radius 1 is 1.06 bits per heavy atom. The Hall–Kier alpha value is -3.85. The van der Waals surface area contributed by atoms with Crippen molar-refractivity contribution >= 4 is 17.2 Å². The number of aryl methyl sites for hydroxylation is 2. The van der Waals surface area contributed by atoms with Gasteiger partial charge in [0.25, 0.3) is 0 Å². The lowest BCUT2D eigenvalue weighted by molar-refractivity contribution is 0.00396. The minimum Gasteiger partial charge on any atom is -0.402 e. The second-order valence-corrected chi connectivity index (χ2v) is 9.10. The molecule has 1 saturated heterocycles. The highest BCUT2D eigenvalue weighted by Gasteiger charge is 2.29. The number of ether oxygens (including phenoxy) is 1. The fourth-order valence-electron chi connectivity index (χ4n) is 4.42. The quantitative estimate of drug-likeness (QED) is 0.414. The number of hydrogen-bond donors (Lipinski definition) is 1. The van der Waals surface area contributed by atoms with Gasteiger partial charge in [0.15, 0.2) is 5.65 Å². The molecule has 1 aromatic carbocycles. The second-order valence-electron chi connectivity index (χ2n) is 9.10. The standard InChI is InChI=1S/C27H26F2N6O/c1-14(30)10-20-11-17(6-8-31-20)23-12-18(7-9-36-23)26-34-24(21-5-4-19(28)13-22(21)29)25-27(35-26)33-16(3)15(2)32-25/h4-6,8,10-11,13,18,23H,7,9,12,30H2,1-3H3/b14-10-. The second kappa shape index (κ2) is 9.66. The third kappa shape index (κ3) is 4.79. The van der Waals surface area contributed by atoms with Crippen LogP contribution >= 0.6 is 0 Å². The van der Waals surface area contributed by atoms with Crippen molar-refractivity contribution in [3.63, 3.8) is 0 Å². The van der Waals surface area contributed by atoms with Crippen LogP contribution in [0.15, 0.2) is 42.2 Å². The highest BCUT2D eigenvalue weighted by molar-refractivity contribution is 5.87. The molecule has 4 aromatic rings. The van der Waals surface area contributed by atoms with Gasteiger partial charge in [-0.25, -0.2) is 28.7 Å². The SMILES string of the molecule is C/C(N)=C/c1cc(C2CC(c3nc(-c4ccc(F)cc4F)c4nc(C)c(C)nc4n3)CCO2)ccn1. The highest BCUT2D eigenvalue weighted by Crippen LogP contribution is 2.38. The van der Waals surface area contributed by atoms with E-state index < -0.39 is 11.6 Å². The van der Waals surface area contributed by atoms with E-state index in [1.54, 1.807) is 6.20 Å². The molecule has 2 atom stereocenters. The Morgan fingerprint density at radius 3 is 2.64 bits per heavy atom. The van der Waals surface area contributed by atoms with Gasteiger partial charge < -0.3 is 10.5 Å². The fourth-order valence-corrected chi connectivity index (χ4v) is 4.42. The molecule has 0 amide bonds. The first-order chi connectivity index (χ1) is 17.3. The lowest BCUT2D eigenvalue weighted by Crippen LogP contribution is -2.21. The average molecular weight is 489 g/mol. The van der Waals surface area contributed by atoms with Crippen LogP contribution in [-0.2, 0) is 4.74 Å². The minimum atomic E-state index is -0.710. The maximum absolute atomic E-state index is 14.8. The Morgan fingerprint density at radius 2 is 1.86 bits per heavy atom. The molecule has 3 aromatic heterocycles. The number of nitrogens with zero attached hydrogens (tertiary/aromatic N) is 5. The molecule has 0 spiro atoms. The van der Waals surface area contributed by atoms with E-state index in [-0.39, 0.29) is 17.6 Å². The molecule has 0 bridgehead atoms. The number of halogens is 2. The molecule has 0 radical (unpaired) electrons. The summed E-state index contributed by atoms with van der Waals surface area (Å²) in [4.78, 5) is 23.1. The first kappa shape index (κ1) is 23.9. The molecule has 7 nitrogen and oxygen atoms in total. The van der Waals surface area contributed by atoms with Gasteiger partial charge in [0, 0.05) is 36.0 Å². The van der Waals surface area contributed by atoms with E-state index in [0.717, 1.165) is 23.0 Å². The number of pyridine rings is 1. The van der Waals surface area contributed by atoms with E-state index in [0.29, 0.717) is 53.5 Å². The van der Waals surface area contributed by atoms with E-state index in [1.165, 1.54) is 12.1 Å². The van der Waals surface area contributed by atoms with Crippen molar-refractivity contribution in [1.82, 2.24) is 24.9 Å². The summed E-state index contributed by atoms with van der Waals surface area (Å²) in [5.41, 5.74) is 10.9. The maximum atomic E-state index is 14.8. The van der Waals surface area contributed by atoms with E-state index >= 15 is 0 Å². The molecule has 2 unspecified atom stereocenters. The van der Waals surface area contributed by atoms with Crippen LogP contribution in [-0.4, -0.2) is 31.5 Å².